The van der Waals surface area contributed by atoms with Crippen LogP contribution in [0.5, 0.6) is 0 Å². The summed E-state index contributed by atoms with van der Waals surface area (Å²) in [5, 5.41) is 10.4. The summed E-state index contributed by atoms with van der Waals surface area (Å²) in [6, 6.07) is 1.86. The average Bonchev–Trinajstić information content (AvgIpc) is 2.27. The van der Waals surface area contributed by atoms with E-state index in [0.717, 1.165) is 19.1 Å². The molecule has 102 valence electrons. The van der Waals surface area contributed by atoms with E-state index in [1.807, 2.05) is 0 Å². The molecule has 1 aromatic carbocycles. The Kier molecular flexibility index (Phi) is 4.66. The van der Waals surface area contributed by atoms with Gasteiger partial charge in [0.2, 0.25) is 0 Å². The minimum atomic E-state index is -4.56. The molecule has 1 N–H and O–H groups in total. The van der Waals surface area contributed by atoms with Crippen LogP contribution in [0.3, 0.4) is 0 Å². The molecule has 0 saturated heterocycles. The fraction of sp³-hybridized carbons (Fsp3) is 0.273. The molecule has 0 aliphatic rings. The van der Waals surface area contributed by atoms with E-state index in [9.17, 15) is 18.0 Å². The van der Waals surface area contributed by atoms with Gasteiger partial charge in [-0.05, 0) is 19.1 Å². The van der Waals surface area contributed by atoms with Crippen LogP contribution in [-0.2, 0) is 0 Å². The Morgan fingerprint density at radius 1 is 1.37 bits per heavy atom. The number of nitrogens with one attached hydrogen (secondary N) is 1. The predicted molar refractivity (Wildman–Crippen MR) is 64.2 cm³/mol. The van der Waals surface area contributed by atoms with Gasteiger partial charge in [-0.1, -0.05) is 23.2 Å². The number of hydrogen-bond donors (Lipinski definition) is 1. The maximum absolute atomic E-state index is 12.3. The van der Waals surface area contributed by atoms with E-state index in [1.54, 1.807) is 11.4 Å². The highest BCUT2D eigenvalue weighted by molar-refractivity contribution is 6.37. The van der Waals surface area contributed by atoms with Crippen LogP contribution in [0, 0.1) is 11.3 Å². The number of nitriles is 1. The average molecular weight is 311 g/mol. The largest absolute Gasteiger partial charge is 0.408 e. The van der Waals surface area contributed by atoms with Crippen molar-refractivity contribution in [2.45, 2.75) is 19.1 Å². The standard InChI is InChI=1S/C11H7Cl2F3N2O/c1-5(11(14,15)16)18-10(19)7-2-6(4-17)8(12)3-9(7)13/h2-3,5H,1H3,(H,18,19). The van der Waals surface area contributed by atoms with Crippen molar-refractivity contribution < 1.29 is 18.0 Å². The molecule has 1 amide bonds. The second-order valence-electron chi connectivity index (χ2n) is 3.66. The fourth-order valence-electron chi connectivity index (χ4n) is 1.16. The van der Waals surface area contributed by atoms with Gasteiger partial charge in [-0.3, -0.25) is 4.79 Å². The quantitative estimate of drug-likeness (QED) is 0.908. The van der Waals surface area contributed by atoms with Crippen molar-refractivity contribution in [2.75, 3.05) is 0 Å². The second kappa shape index (κ2) is 5.68. The van der Waals surface area contributed by atoms with Gasteiger partial charge in [0, 0.05) is 0 Å². The summed E-state index contributed by atoms with van der Waals surface area (Å²) in [7, 11) is 0. The number of amides is 1. The normalized spacial score (nSPS) is 12.7. The van der Waals surface area contributed by atoms with Gasteiger partial charge in [0.15, 0.2) is 0 Å². The molecule has 1 aromatic rings. The Balaban J connectivity index is 3.05. The zero-order valence-electron chi connectivity index (χ0n) is 9.48. The number of nitrogens with zero attached hydrogens (tertiary/aromatic N) is 1. The molecule has 3 nitrogen and oxygen atoms in total. The van der Waals surface area contributed by atoms with Crippen LogP contribution >= 0.6 is 23.2 Å². The summed E-state index contributed by atoms with van der Waals surface area (Å²) in [5.41, 5.74) is -0.283. The third-order valence-electron chi connectivity index (χ3n) is 2.26. The fourth-order valence-corrected chi connectivity index (χ4v) is 1.68. The number of hydrogen-bond acceptors (Lipinski definition) is 2. The van der Waals surface area contributed by atoms with Gasteiger partial charge >= 0.3 is 6.18 Å². The van der Waals surface area contributed by atoms with Crippen molar-refractivity contribution in [3.63, 3.8) is 0 Å². The van der Waals surface area contributed by atoms with E-state index < -0.39 is 18.1 Å². The Morgan fingerprint density at radius 2 is 1.95 bits per heavy atom. The molecule has 0 aliphatic heterocycles. The van der Waals surface area contributed by atoms with E-state index >= 15 is 0 Å². The molecule has 0 radical (unpaired) electrons. The molecule has 0 fully saturated rings. The molecule has 1 atom stereocenters. The molecule has 19 heavy (non-hydrogen) atoms. The lowest BCUT2D eigenvalue weighted by Crippen LogP contribution is -2.43. The van der Waals surface area contributed by atoms with Crippen molar-refractivity contribution >= 4 is 29.1 Å². The molecular weight excluding hydrogens is 304 g/mol. The summed E-state index contributed by atoms with van der Waals surface area (Å²) in [5.74, 6) is -1.03. The lowest BCUT2D eigenvalue weighted by Gasteiger charge is -2.17. The van der Waals surface area contributed by atoms with Crippen molar-refractivity contribution in [1.82, 2.24) is 5.32 Å². The van der Waals surface area contributed by atoms with Crippen LogP contribution in [0.15, 0.2) is 12.1 Å². The van der Waals surface area contributed by atoms with E-state index in [0.29, 0.717) is 0 Å². The van der Waals surface area contributed by atoms with Gasteiger partial charge in [0.1, 0.15) is 12.1 Å². The van der Waals surface area contributed by atoms with Crippen LogP contribution in [-0.4, -0.2) is 18.1 Å². The van der Waals surface area contributed by atoms with E-state index in [2.05, 4.69) is 0 Å². The lowest BCUT2D eigenvalue weighted by molar-refractivity contribution is -0.149. The minimum absolute atomic E-state index is 0.0212. The summed E-state index contributed by atoms with van der Waals surface area (Å²) < 4.78 is 36.9. The van der Waals surface area contributed by atoms with Crippen LogP contribution in [0.1, 0.15) is 22.8 Å². The predicted octanol–water partition coefficient (Wildman–Crippen LogP) is 3.55. The molecule has 1 rings (SSSR count). The first kappa shape index (κ1) is 15.6. The van der Waals surface area contributed by atoms with Gasteiger partial charge in [-0.15, -0.1) is 0 Å². The number of alkyl halides is 3. The maximum atomic E-state index is 12.3. The van der Waals surface area contributed by atoms with Gasteiger partial charge in [-0.2, -0.15) is 18.4 Å². The van der Waals surface area contributed by atoms with Crippen LogP contribution in [0.4, 0.5) is 13.2 Å². The van der Waals surface area contributed by atoms with Gasteiger partial charge in [0.05, 0.1) is 21.2 Å². The van der Waals surface area contributed by atoms with Crippen LogP contribution < -0.4 is 5.32 Å². The van der Waals surface area contributed by atoms with Gasteiger partial charge in [0.25, 0.3) is 5.91 Å². The first-order valence-electron chi connectivity index (χ1n) is 4.93. The molecule has 0 aromatic heterocycles. The monoisotopic (exact) mass is 310 g/mol. The smallest absolute Gasteiger partial charge is 0.340 e. The highest BCUT2D eigenvalue weighted by Crippen LogP contribution is 2.26. The number of benzene rings is 1. The molecule has 0 saturated carbocycles. The zero-order valence-corrected chi connectivity index (χ0v) is 11.0. The number of rotatable bonds is 2. The minimum Gasteiger partial charge on any atom is -0.340 e. The maximum Gasteiger partial charge on any atom is 0.408 e. The van der Waals surface area contributed by atoms with Crippen molar-refractivity contribution in [3.05, 3.63) is 33.3 Å². The van der Waals surface area contributed by atoms with E-state index in [1.165, 1.54) is 0 Å². The van der Waals surface area contributed by atoms with Crippen molar-refractivity contribution in [3.8, 4) is 6.07 Å². The van der Waals surface area contributed by atoms with Crippen molar-refractivity contribution in [2.24, 2.45) is 0 Å². The Morgan fingerprint density at radius 3 is 2.42 bits per heavy atom. The first-order chi connectivity index (χ1) is 8.66. The van der Waals surface area contributed by atoms with Gasteiger partial charge < -0.3 is 5.32 Å². The summed E-state index contributed by atoms with van der Waals surface area (Å²) >= 11 is 11.4. The topological polar surface area (TPSA) is 52.9 Å². The van der Waals surface area contributed by atoms with Crippen LogP contribution in [0.25, 0.3) is 0 Å². The summed E-state index contributed by atoms with van der Waals surface area (Å²) in [6.45, 7) is 0.799. The molecule has 0 bridgehead atoms. The van der Waals surface area contributed by atoms with Gasteiger partial charge in [-0.25, -0.2) is 0 Å². The third-order valence-corrected chi connectivity index (χ3v) is 2.89. The SMILES string of the molecule is CC(NC(=O)c1cc(C#N)c(Cl)cc1Cl)C(F)(F)F. The second-order valence-corrected chi connectivity index (χ2v) is 4.47. The highest BCUT2D eigenvalue weighted by atomic mass is 35.5. The molecule has 0 aliphatic carbocycles. The summed E-state index contributed by atoms with van der Waals surface area (Å²) in [6.07, 6.45) is -4.56. The van der Waals surface area contributed by atoms with Crippen LogP contribution in [0.2, 0.25) is 10.0 Å². The van der Waals surface area contributed by atoms with E-state index in [4.69, 9.17) is 28.5 Å². The number of halogens is 5. The third kappa shape index (κ3) is 3.75. The Bertz CT molecular complexity index is 552. The molecule has 8 heteroatoms. The Hall–Kier alpha value is -1.45. The highest BCUT2D eigenvalue weighted by Gasteiger charge is 2.37. The molecule has 1 unspecified atom stereocenters. The first-order valence-corrected chi connectivity index (χ1v) is 5.69. The molecule has 0 spiro atoms. The lowest BCUT2D eigenvalue weighted by atomic mass is 10.1. The van der Waals surface area contributed by atoms with E-state index in [-0.39, 0.29) is 21.2 Å². The zero-order chi connectivity index (χ0) is 14.8. The molecular formula is C11H7Cl2F3N2O. The Labute approximate surface area is 116 Å². The summed E-state index contributed by atoms with van der Waals surface area (Å²) in [4.78, 5) is 11.7. The van der Waals surface area contributed by atoms with Crippen molar-refractivity contribution in [1.29, 1.82) is 5.26 Å². The number of carbonyl (C=O) groups excluding carboxylic acids is 1. The molecule has 0 heterocycles. The number of carbonyl (C=O) groups is 1.